The lowest BCUT2D eigenvalue weighted by atomic mass is 10.1. The van der Waals surface area contributed by atoms with Crippen molar-refractivity contribution in [3.8, 4) is 0 Å². The fourth-order valence-corrected chi connectivity index (χ4v) is 2.09. The molecule has 0 aliphatic heterocycles. The molecule has 20 heavy (non-hydrogen) atoms. The Morgan fingerprint density at radius 1 is 1.00 bits per heavy atom. The number of halogens is 1. The number of rotatable bonds is 4. The number of aryl methyl sites for hydroxylation is 2. The maximum Gasteiger partial charge on any atom is 0.106 e. The normalized spacial score (nSPS) is 10.8. The van der Waals surface area contributed by atoms with Crippen LogP contribution in [0.4, 0.5) is 5.69 Å². The van der Waals surface area contributed by atoms with Crippen molar-refractivity contribution in [2.45, 2.75) is 13.8 Å². The van der Waals surface area contributed by atoms with Gasteiger partial charge in [0.1, 0.15) is 5.71 Å². The van der Waals surface area contributed by atoms with E-state index >= 15 is 0 Å². The summed E-state index contributed by atoms with van der Waals surface area (Å²) in [6.45, 7) is 4.62. The van der Waals surface area contributed by atoms with Gasteiger partial charge in [0.15, 0.2) is 0 Å². The second-order valence-electron chi connectivity index (χ2n) is 4.53. The van der Waals surface area contributed by atoms with Crippen LogP contribution in [0.3, 0.4) is 0 Å². The van der Waals surface area contributed by atoms with Crippen molar-refractivity contribution in [1.82, 2.24) is 0 Å². The van der Waals surface area contributed by atoms with E-state index in [1.165, 1.54) is 11.1 Å². The van der Waals surface area contributed by atoms with Crippen molar-refractivity contribution < 1.29 is 5.21 Å². The Morgan fingerprint density at radius 2 is 1.60 bits per heavy atom. The lowest BCUT2D eigenvalue weighted by molar-refractivity contribution is 0.319. The Bertz CT molecular complexity index is 562. The molecule has 0 heterocycles. The Hall–Kier alpha value is -2.00. The first-order valence-corrected chi connectivity index (χ1v) is 6.29. The minimum atomic E-state index is 0. The van der Waals surface area contributed by atoms with Crippen molar-refractivity contribution in [3.63, 3.8) is 0 Å². The molecule has 2 rings (SSSR count). The summed E-state index contributed by atoms with van der Waals surface area (Å²) in [5.74, 6) is 0. The fraction of sp³-hybridized carbons (Fsp3) is 0.188. The van der Waals surface area contributed by atoms with E-state index in [2.05, 4.69) is 36.5 Å². The molecule has 2 N–H and O–H groups in total. The van der Waals surface area contributed by atoms with Gasteiger partial charge in [-0.3, -0.25) is 0 Å². The molecule has 2 aromatic carbocycles. The van der Waals surface area contributed by atoms with Crippen LogP contribution in [0.15, 0.2) is 53.7 Å². The van der Waals surface area contributed by atoms with Gasteiger partial charge >= 0.3 is 0 Å². The van der Waals surface area contributed by atoms with Gasteiger partial charge in [0.05, 0.1) is 6.54 Å². The molecular weight excluding hydrogens is 272 g/mol. The van der Waals surface area contributed by atoms with Gasteiger partial charge in [-0.1, -0.05) is 53.7 Å². The third-order valence-corrected chi connectivity index (χ3v) is 3.14. The minimum absolute atomic E-state index is 0. The smallest absolute Gasteiger partial charge is 0.106 e. The van der Waals surface area contributed by atoms with Crippen molar-refractivity contribution in [3.05, 3.63) is 65.2 Å². The zero-order valence-corrected chi connectivity index (χ0v) is 12.4. The van der Waals surface area contributed by atoms with Crippen LogP contribution in [0, 0.1) is 13.8 Å². The molecule has 0 saturated carbocycles. The number of benzene rings is 2. The Balaban J connectivity index is 0.00000200. The van der Waals surface area contributed by atoms with Crippen LogP contribution < -0.4 is 5.32 Å². The SMILES string of the molecule is Cc1cccc(C)c1NCC(=NO)c1ccccc1.Cl. The maximum absolute atomic E-state index is 9.14. The van der Waals surface area contributed by atoms with E-state index < -0.39 is 0 Å². The van der Waals surface area contributed by atoms with E-state index in [0.717, 1.165) is 11.3 Å². The molecule has 3 nitrogen and oxygen atoms in total. The molecule has 0 spiro atoms. The number of nitrogens with zero attached hydrogens (tertiary/aromatic N) is 1. The highest BCUT2D eigenvalue weighted by atomic mass is 35.5. The van der Waals surface area contributed by atoms with E-state index in [4.69, 9.17) is 5.21 Å². The van der Waals surface area contributed by atoms with Crippen LogP contribution in [-0.4, -0.2) is 17.5 Å². The predicted octanol–water partition coefficient (Wildman–Crippen LogP) is 4.02. The van der Waals surface area contributed by atoms with E-state index in [9.17, 15) is 0 Å². The van der Waals surface area contributed by atoms with Gasteiger partial charge in [0.25, 0.3) is 0 Å². The molecule has 0 aliphatic rings. The molecular formula is C16H19ClN2O. The second-order valence-corrected chi connectivity index (χ2v) is 4.53. The monoisotopic (exact) mass is 290 g/mol. The van der Waals surface area contributed by atoms with Gasteiger partial charge in [-0.15, -0.1) is 12.4 Å². The van der Waals surface area contributed by atoms with E-state index in [1.807, 2.05) is 36.4 Å². The summed E-state index contributed by atoms with van der Waals surface area (Å²) in [5, 5.41) is 15.9. The minimum Gasteiger partial charge on any atom is -0.411 e. The summed E-state index contributed by atoms with van der Waals surface area (Å²) in [6.07, 6.45) is 0. The number of hydrogen-bond acceptors (Lipinski definition) is 3. The van der Waals surface area contributed by atoms with E-state index in [1.54, 1.807) is 0 Å². The molecule has 0 radical (unpaired) electrons. The summed E-state index contributed by atoms with van der Waals surface area (Å²) in [6, 6.07) is 15.8. The fourth-order valence-electron chi connectivity index (χ4n) is 2.09. The quantitative estimate of drug-likeness (QED) is 0.507. The summed E-state index contributed by atoms with van der Waals surface area (Å²) in [4.78, 5) is 0. The lowest BCUT2D eigenvalue weighted by Gasteiger charge is -2.13. The second kappa shape index (κ2) is 7.56. The molecule has 0 unspecified atom stereocenters. The van der Waals surface area contributed by atoms with E-state index in [-0.39, 0.29) is 12.4 Å². The highest BCUT2D eigenvalue weighted by Gasteiger charge is 2.06. The number of anilines is 1. The summed E-state index contributed by atoms with van der Waals surface area (Å²) in [5.41, 5.74) is 5.02. The molecule has 0 aliphatic carbocycles. The topological polar surface area (TPSA) is 44.6 Å². The third kappa shape index (κ3) is 3.75. The largest absolute Gasteiger partial charge is 0.411 e. The lowest BCUT2D eigenvalue weighted by Crippen LogP contribution is -2.16. The standard InChI is InChI=1S/C16H18N2O.ClH/c1-12-7-6-8-13(2)16(12)17-11-15(18-19)14-9-4-3-5-10-14;/h3-10,17,19H,11H2,1-2H3;1H. The van der Waals surface area contributed by atoms with Crippen molar-refractivity contribution in [1.29, 1.82) is 0 Å². The highest BCUT2D eigenvalue weighted by molar-refractivity contribution is 6.03. The van der Waals surface area contributed by atoms with Gasteiger partial charge in [0, 0.05) is 11.3 Å². The molecule has 0 amide bonds. The van der Waals surface area contributed by atoms with E-state index in [0.29, 0.717) is 12.3 Å². The molecule has 0 aromatic heterocycles. The van der Waals surface area contributed by atoms with Crippen LogP contribution in [0.2, 0.25) is 0 Å². The molecule has 0 saturated heterocycles. The van der Waals surface area contributed by atoms with Gasteiger partial charge in [-0.25, -0.2) is 0 Å². The maximum atomic E-state index is 9.14. The number of nitrogens with one attached hydrogen (secondary N) is 1. The first kappa shape index (κ1) is 16.1. The molecule has 0 atom stereocenters. The molecule has 0 bridgehead atoms. The van der Waals surface area contributed by atoms with Gasteiger partial charge in [0.2, 0.25) is 0 Å². The van der Waals surface area contributed by atoms with Crippen molar-refractivity contribution in [2.75, 3.05) is 11.9 Å². The van der Waals surface area contributed by atoms with Crippen molar-refractivity contribution >= 4 is 23.8 Å². The number of para-hydroxylation sites is 1. The Morgan fingerprint density at radius 3 is 2.15 bits per heavy atom. The molecule has 2 aromatic rings. The Labute approximate surface area is 125 Å². The van der Waals surface area contributed by atoms with Crippen LogP contribution >= 0.6 is 12.4 Å². The summed E-state index contributed by atoms with van der Waals surface area (Å²) in [7, 11) is 0. The first-order chi connectivity index (χ1) is 9.22. The first-order valence-electron chi connectivity index (χ1n) is 6.29. The van der Waals surface area contributed by atoms with Crippen LogP contribution in [0.1, 0.15) is 16.7 Å². The number of hydrogen-bond donors (Lipinski definition) is 2. The average molecular weight is 291 g/mol. The van der Waals surface area contributed by atoms with Gasteiger partial charge in [-0.2, -0.15) is 0 Å². The zero-order chi connectivity index (χ0) is 13.7. The molecule has 0 fully saturated rings. The van der Waals surface area contributed by atoms with Crippen molar-refractivity contribution in [2.24, 2.45) is 5.16 Å². The molecule has 106 valence electrons. The highest BCUT2D eigenvalue weighted by Crippen LogP contribution is 2.19. The molecule has 4 heteroatoms. The van der Waals surface area contributed by atoms with Crippen LogP contribution in [-0.2, 0) is 0 Å². The van der Waals surface area contributed by atoms with Gasteiger partial charge in [-0.05, 0) is 25.0 Å². The van der Waals surface area contributed by atoms with Crippen LogP contribution in [0.25, 0.3) is 0 Å². The van der Waals surface area contributed by atoms with Gasteiger partial charge < -0.3 is 10.5 Å². The average Bonchev–Trinajstić information content (AvgIpc) is 2.43. The summed E-state index contributed by atoms with van der Waals surface area (Å²) >= 11 is 0. The predicted molar refractivity (Wildman–Crippen MR) is 86.4 cm³/mol. The summed E-state index contributed by atoms with van der Waals surface area (Å²) < 4.78 is 0. The Kier molecular flexibility index (Phi) is 6.07. The zero-order valence-electron chi connectivity index (χ0n) is 11.6. The number of oxime groups is 1. The van der Waals surface area contributed by atoms with Crippen LogP contribution in [0.5, 0.6) is 0 Å². The third-order valence-electron chi connectivity index (χ3n) is 3.14.